The second-order valence-electron chi connectivity index (χ2n) is 5.48. The third-order valence-corrected chi connectivity index (χ3v) is 3.85. The molecule has 0 amide bonds. The van der Waals surface area contributed by atoms with Gasteiger partial charge in [0.05, 0.1) is 6.26 Å². The molecule has 1 aliphatic rings. The molecule has 0 radical (unpaired) electrons. The summed E-state index contributed by atoms with van der Waals surface area (Å²) in [4.78, 5) is 2.28. The second-order valence-corrected chi connectivity index (χ2v) is 5.48. The van der Waals surface area contributed by atoms with Crippen LogP contribution >= 0.6 is 0 Å². The van der Waals surface area contributed by atoms with E-state index in [9.17, 15) is 5.11 Å². The Labute approximate surface area is 109 Å². The van der Waals surface area contributed by atoms with E-state index in [1.807, 2.05) is 18.2 Å². The molecular formula is C15H23NO2. The monoisotopic (exact) mass is 249 g/mol. The van der Waals surface area contributed by atoms with Crippen molar-refractivity contribution in [3.05, 3.63) is 30.2 Å². The molecule has 1 aromatic rings. The summed E-state index contributed by atoms with van der Waals surface area (Å²) in [7, 11) is 2.11. The fraction of sp³-hybridized carbons (Fsp3) is 0.600. The first-order valence-electron chi connectivity index (χ1n) is 6.74. The Morgan fingerprint density at radius 3 is 2.83 bits per heavy atom. The molecule has 1 aromatic heterocycles. The number of aliphatic hydroxyl groups excluding tert-OH is 1. The summed E-state index contributed by atoms with van der Waals surface area (Å²) in [6, 6.07) is 3.84. The Balaban J connectivity index is 1.79. The maximum absolute atomic E-state index is 9.58. The highest BCUT2D eigenvalue weighted by atomic mass is 16.3. The molecule has 18 heavy (non-hydrogen) atoms. The van der Waals surface area contributed by atoms with Crippen LogP contribution in [0.15, 0.2) is 28.9 Å². The van der Waals surface area contributed by atoms with Crippen LogP contribution in [0.3, 0.4) is 0 Å². The van der Waals surface area contributed by atoms with Gasteiger partial charge in [0.1, 0.15) is 5.76 Å². The molecule has 0 saturated heterocycles. The fourth-order valence-electron chi connectivity index (χ4n) is 2.86. The van der Waals surface area contributed by atoms with Gasteiger partial charge >= 0.3 is 0 Å². The van der Waals surface area contributed by atoms with E-state index in [-0.39, 0.29) is 5.41 Å². The minimum Gasteiger partial charge on any atom is -0.465 e. The van der Waals surface area contributed by atoms with E-state index in [2.05, 4.69) is 18.0 Å². The lowest BCUT2D eigenvalue weighted by Gasteiger charge is -2.31. The molecule has 3 nitrogen and oxygen atoms in total. The Morgan fingerprint density at radius 2 is 2.22 bits per heavy atom. The number of hydrogen-bond donors (Lipinski definition) is 1. The molecule has 100 valence electrons. The van der Waals surface area contributed by atoms with Crippen LogP contribution in [0.1, 0.15) is 31.4 Å². The summed E-state index contributed by atoms with van der Waals surface area (Å²) >= 11 is 0. The van der Waals surface area contributed by atoms with Gasteiger partial charge in [-0.1, -0.05) is 18.9 Å². The topological polar surface area (TPSA) is 36.6 Å². The van der Waals surface area contributed by atoms with E-state index in [1.165, 1.54) is 12.8 Å². The minimum atomic E-state index is 0.146. The first-order valence-corrected chi connectivity index (χ1v) is 6.74. The number of likely N-dealkylation sites (N-methyl/N-ethyl adjacent to an activating group) is 1. The molecule has 1 saturated carbocycles. The molecule has 2 rings (SSSR count). The van der Waals surface area contributed by atoms with Crippen molar-refractivity contribution in [2.24, 2.45) is 5.41 Å². The Hall–Kier alpha value is -1.06. The third-order valence-electron chi connectivity index (χ3n) is 3.85. The smallest absolute Gasteiger partial charge is 0.126 e. The molecule has 3 heteroatoms. The molecule has 0 spiro atoms. The van der Waals surface area contributed by atoms with Crippen LogP contribution in [0.5, 0.6) is 0 Å². The van der Waals surface area contributed by atoms with Gasteiger partial charge in [0.15, 0.2) is 0 Å². The van der Waals surface area contributed by atoms with Gasteiger partial charge in [-0.15, -0.1) is 0 Å². The lowest BCUT2D eigenvalue weighted by atomic mass is 9.87. The highest BCUT2D eigenvalue weighted by Gasteiger charge is 2.33. The molecule has 0 bridgehead atoms. The normalized spacial score (nSPS) is 19.1. The number of aliphatic hydroxyl groups is 1. The lowest BCUT2D eigenvalue weighted by Crippen LogP contribution is -2.36. The fourth-order valence-corrected chi connectivity index (χ4v) is 2.86. The zero-order chi connectivity index (χ0) is 12.8. The van der Waals surface area contributed by atoms with Crippen molar-refractivity contribution < 1.29 is 9.52 Å². The standard InChI is InChI=1S/C15H23NO2/c1-16(10-4-6-14-7-5-11-18-14)12-15(13-17)8-2-3-9-15/h4-7,11,17H,2-3,8-10,12-13H2,1H3/b6-4+. The zero-order valence-electron chi connectivity index (χ0n) is 11.1. The first-order chi connectivity index (χ1) is 8.74. The van der Waals surface area contributed by atoms with Gasteiger partial charge in [-0.25, -0.2) is 0 Å². The second kappa shape index (κ2) is 6.21. The molecule has 0 aromatic carbocycles. The molecule has 1 aliphatic carbocycles. The van der Waals surface area contributed by atoms with Crippen molar-refractivity contribution in [1.82, 2.24) is 4.90 Å². The minimum absolute atomic E-state index is 0.146. The molecule has 0 atom stereocenters. The van der Waals surface area contributed by atoms with Crippen LogP contribution in [0, 0.1) is 5.41 Å². The molecule has 1 N–H and O–H groups in total. The predicted octanol–water partition coefficient (Wildman–Crippen LogP) is 2.78. The molecular weight excluding hydrogens is 226 g/mol. The average Bonchev–Trinajstić information content (AvgIpc) is 3.01. The van der Waals surface area contributed by atoms with Gasteiger partial charge in [-0.3, -0.25) is 0 Å². The number of hydrogen-bond acceptors (Lipinski definition) is 3. The average molecular weight is 249 g/mol. The Kier molecular flexibility index (Phi) is 4.61. The number of furan rings is 1. The van der Waals surface area contributed by atoms with Gasteiger partial charge in [-0.2, -0.15) is 0 Å². The van der Waals surface area contributed by atoms with Gasteiger partial charge in [-0.05, 0) is 38.1 Å². The maximum Gasteiger partial charge on any atom is 0.126 e. The molecule has 1 heterocycles. The molecule has 0 unspecified atom stereocenters. The largest absolute Gasteiger partial charge is 0.465 e. The van der Waals surface area contributed by atoms with Crippen molar-refractivity contribution >= 4 is 6.08 Å². The van der Waals surface area contributed by atoms with Crippen LogP contribution in [0.25, 0.3) is 6.08 Å². The van der Waals surface area contributed by atoms with Crippen molar-refractivity contribution in [1.29, 1.82) is 0 Å². The van der Waals surface area contributed by atoms with Crippen LogP contribution in [-0.4, -0.2) is 36.8 Å². The number of nitrogens with zero attached hydrogens (tertiary/aromatic N) is 1. The van der Waals surface area contributed by atoms with Crippen molar-refractivity contribution in [2.45, 2.75) is 25.7 Å². The van der Waals surface area contributed by atoms with Crippen molar-refractivity contribution in [3.63, 3.8) is 0 Å². The highest BCUT2D eigenvalue weighted by Crippen LogP contribution is 2.38. The van der Waals surface area contributed by atoms with Gasteiger partial charge < -0.3 is 14.4 Å². The quantitative estimate of drug-likeness (QED) is 0.842. The van der Waals surface area contributed by atoms with Crippen LogP contribution in [-0.2, 0) is 0 Å². The lowest BCUT2D eigenvalue weighted by molar-refractivity contribution is 0.0932. The van der Waals surface area contributed by atoms with E-state index in [0.717, 1.165) is 31.7 Å². The Morgan fingerprint density at radius 1 is 1.44 bits per heavy atom. The summed E-state index contributed by atoms with van der Waals surface area (Å²) in [6.45, 7) is 2.19. The SMILES string of the molecule is CN(C/C=C/c1ccco1)CC1(CO)CCCC1. The summed E-state index contributed by atoms with van der Waals surface area (Å²) in [5.74, 6) is 0.890. The van der Waals surface area contributed by atoms with Gasteiger partial charge in [0.2, 0.25) is 0 Å². The van der Waals surface area contributed by atoms with E-state index in [1.54, 1.807) is 6.26 Å². The van der Waals surface area contributed by atoms with E-state index >= 15 is 0 Å². The zero-order valence-corrected chi connectivity index (χ0v) is 11.1. The van der Waals surface area contributed by atoms with E-state index in [0.29, 0.717) is 6.61 Å². The van der Waals surface area contributed by atoms with Crippen LogP contribution in [0.4, 0.5) is 0 Å². The summed E-state index contributed by atoms with van der Waals surface area (Å²) in [5.41, 5.74) is 0.146. The predicted molar refractivity (Wildman–Crippen MR) is 73.2 cm³/mol. The van der Waals surface area contributed by atoms with Crippen LogP contribution in [0.2, 0.25) is 0 Å². The van der Waals surface area contributed by atoms with Gasteiger partial charge in [0, 0.05) is 25.1 Å². The van der Waals surface area contributed by atoms with Gasteiger partial charge in [0.25, 0.3) is 0 Å². The molecule has 1 fully saturated rings. The Bertz CT molecular complexity index is 364. The maximum atomic E-state index is 9.58. The van der Waals surface area contributed by atoms with E-state index < -0.39 is 0 Å². The summed E-state index contributed by atoms with van der Waals surface area (Å²) in [6.07, 6.45) is 10.6. The number of rotatable bonds is 6. The summed E-state index contributed by atoms with van der Waals surface area (Å²) < 4.78 is 5.24. The van der Waals surface area contributed by atoms with Crippen molar-refractivity contribution in [3.8, 4) is 0 Å². The highest BCUT2D eigenvalue weighted by molar-refractivity contribution is 5.42. The van der Waals surface area contributed by atoms with E-state index in [4.69, 9.17) is 4.42 Å². The van der Waals surface area contributed by atoms with Crippen LogP contribution < -0.4 is 0 Å². The van der Waals surface area contributed by atoms with Crippen molar-refractivity contribution in [2.75, 3.05) is 26.7 Å². The third kappa shape index (κ3) is 3.47. The summed E-state index contributed by atoms with van der Waals surface area (Å²) in [5, 5.41) is 9.58. The first kappa shape index (κ1) is 13.4. The molecule has 0 aliphatic heterocycles.